The Kier molecular flexibility index (Phi) is 5.61. The van der Waals surface area contributed by atoms with E-state index in [0.29, 0.717) is 28.6 Å². The molecule has 3 rings (SSSR count). The zero-order chi connectivity index (χ0) is 17.8. The Balaban J connectivity index is 1.69. The molecule has 0 aromatic heterocycles. The molecule has 1 amide bonds. The van der Waals surface area contributed by atoms with Gasteiger partial charge in [-0.2, -0.15) is 0 Å². The normalized spacial score (nSPS) is 16.7. The third-order valence-electron chi connectivity index (χ3n) is 4.23. The molecule has 0 bridgehead atoms. The maximum atomic E-state index is 12.6. The van der Waals surface area contributed by atoms with Crippen LogP contribution in [0.3, 0.4) is 0 Å². The van der Waals surface area contributed by atoms with Crippen molar-refractivity contribution in [1.29, 1.82) is 0 Å². The molecule has 1 unspecified atom stereocenters. The minimum absolute atomic E-state index is 0.145. The van der Waals surface area contributed by atoms with Gasteiger partial charge in [0.1, 0.15) is 12.4 Å². The number of hydrogen-bond donors (Lipinski definition) is 1. The first kappa shape index (κ1) is 17.8. The number of ether oxygens (including phenoxy) is 2. The van der Waals surface area contributed by atoms with Crippen molar-refractivity contribution in [3.05, 3.63) is 58.1 Å². The summed E-state index contributed by atoms with van der Waals surface area (Å²) in [6.45, 7) is 5.20. The molecule has 0 spiro atoms. The number of rotatable bonds is 5. The van der Waals surface area contributed by atoms with Gasteiger partial charge in [0, 0.05) is 12.2 Å². The summed E-state index contributed by atoms with van der Waals surface area (Å²) in [4.78, 5) is 12.6. The molecule has 0 radical (unpaired) electrons. The van der Waals surface area contributed by atoms with Gasteiger partial charge in [-0.1, -0.05) is 23.7 Å². The van der Waals surface area contributed by atoms with Gasteiger partial charge in [0.15, 0.2) is 0 Å². The predicted octanol–water partition coefficient (Wildman–Crippen LogP) is 4.77. The van der Waals surface area contributed by atoms with Crippen molar-refractivity contribution in [3.8, 4) is 5.75 Å². The Morgan fingerprint density at radius 2 is 2.16 bits per heavy atom. The number of carbonyl (C=O) groups is 1. The molecule has 5 heteroatoms. The first-order chi connectivity index (χ1) is 12.0. The molecule has 1 fully saturated rings. The maximum absolute atomic E-state index is 12.6. The smallest absolute Gasteiger partial charge is 0.255 e. The Hall–Kier alpha value is -2.04. The molecule has 2 aromatic rings. The first-order valence-electron chi connectivity index (χ1n) is 8.45. The highest BCUT2D eigenvalue weighted by Crippen LogP contribution is 2.28. The van der Waals surface area contributed by atoms with Crippen LogP contribution in [0.1, 0.15) is 34.3 Å². The van der Waals surface area contributed by atoms with Gasteiger partial charge < -0.3 is 14.8 Å². The van der Waals surface area contributed by atoms with Crippen LogP contribution in [-0.4, -0.2) is 25.2 Å². The number of benzene rings is 2. The number of amides is 1. The Labute approximate surface area is 153 Å². The highest BCUT2D eigenvalue weighted by molar-refractivity contribution is 6.34. The van der Waals surface area contributed by atoms with Crippen molar-refractivity contribution in [2.45, 2.75) is 32.8 Å². The van der Waals surface area contributed by atoms with E-state index in [-0.39, 0.29) is 12.0 Å². The fourth-order valence-corrected chi connectivity index (χ4v) is 3.32. The number of anilines is 1. The molecule has 0 aliphatic carbocycles. The molecule has 1 saturated heterocycles. The van der Waals surface area contributed by atoms with E-state index in [1.165, 1.54) is 0 Å². The SMILES string of the molecule is Cc1cc(C)c(NC(=O)c2cccc(OCC3CCCO3)c2)c(Cl)c1. The summed E-state index contributed by atoms with van der Waals surface area (Å²) < 4.78 is 11.3. The van der Waals surface area contributed by atoms with Crippen LogP contribution in [0, 0.1) is 13.8 Å². The van der Waals surface area contributed by atoms with Crippen molar-refractivity contribution in [2.24, 2.45) is 0 Å². The summed E-state index contributed by atoms with van der Waals surface area (Å²) in [6.07, 6.45) is 2.24. The fourth-order valence-electron chi connectivity index (χ4n) is 2.95. The van der Waals surface area contributed by atoms with Gasteiger partial charge in [0.25, 0.3) is 5.91 Å². The van der Waals surface area contributed by atoms with E-state index in [0.717, 1.165) is 30.6 Å². The van der Waals surface area contributed by atoms with Crippen molar-refractivity contribution in [3.63, 3.8) is 0 Å². The molecule has 4 nitrogen and oxygen atoms in total. The monoisotopic (exact) mass is 359 g/mol. The number of carbonyl (C=O) groups excluding carboxylic acids is 1. The number of nitrogens with one attached hydrogen (secondary N) is 1. The third kappa shape index (κ3) is 4.53. The van der Waals surface area contributed by atoms with E-state index in [9.17, 15) is 4.79 Å². The van der Waals surface area contributed by atoms with Crippen molar-refractivity contribution >= 4 is 23.2 Å². The molecule has 1 atom stereocenters. The molecule has 132 valence electrons. The zero-order valence-electron chi connectivity index (χ0n) is 14.5. The van der Waals surface area contributed by atoms with Gasteiger partial charge in [-0.25, -0.2) is 0 Å². The molecule has 0 saturated carbocycles. The lowest BCUT2D eigenvalue weighted by Crippen LogP contribution is -2.17. The molecule has 2 aromatic carbocycles. The van der Waals surface area contributed by atoms with E-state index in [4.69, 9.17) is 21.1 Å². The fraction of sp³-hybridized carbons (Fsp3) is 0.350. The van der Waals surface area contributed by atoms with Gasteiger partial charge >= 0.3 is 0 Å². The summed E-state index contributed by atoms with van der Waals surface area (Å²) in [6, 6.07) is 11.0. The number of aryl methyl sites for hydroxylation is 2. The summed E-state index contributed by atoms with van der Waals surface area (Å²) in [5.74, 6) is 0.450. The second kappa shape index (κ2) is 7.89. The van der Waals surface area contributed by atoms with Crippen LogP contribution in [-0.2, 0) is 4.74 Å². The van der Waals surface area contributed by atoms with E-state index in [1.54, 1.807) is 12.1 Å². The van der Waals surface area contributed by atoms with Gasteiger partial charge in [-0.15, -0.1) is 0 Å². The minimum atomic E-state index is -0.212. The molecule has 25 heavy (non-hydrogen) atoms. The Morgan fingerprint density at radius 1 is 1.32 bits per heavy atom. The second-order valence-electron chi connectivity index (χ2n) is 6.37. The molecule has 1 aliphatic rings. The van der Waals surface area contributed by atoms with Gasteiger partial charge in [0.2, 0.25) is 0 Å². The van der Waals surface area contributed by atoms with Crippen LogP contribution < -0.4 is 10.1 Å². The topological polar surface area (TPSA) is 47.6 Å². The maximum Gasteiger partial charge on any atom is 0.255 e. The molecular weight excluding hydrogens is 338 g/mol. The first-order valence-corrected chi connectivity index (χ1v) is 8.83. The van der Waals surface area contributed by atoms with Gasteiger partial charge in [0.05, 0.1) is 16.8 Å². The highest BCUT2D eigenvalue weighted by atomic mass is 35.5. The lowest BCUT2D eigenvalue weighted by molar-refractivity contribution is 0.0679. The summed E-state index contributed by atoms with van der Waals surface area (Å²) in [5.41, 5.74) is 3.16. The predicted molar refractivity (Wildman–Crippen MR) is 99.8 cm³/mol. The van der Waals surface area contributed by atoms with Crippen molar-refractivity contribution in [2.75, 3.05) is 18.5 Å². The quantitative estimate of drug-likeness (QED) is 0.836. The van der Waals surface area contributed by atoms with Crippen LogP contribution in [0.15, 0.2) is 36.4 Å². The molecular formula is C20H22ClNO3. The lowest BCUT2D eigenvalue weighted by Gasteiger charge is -2.13. The van der Waals surface area contributed by atoms with E-state index in [1.807, 2.05) is 38.1 Å². The van der Waals surface area contributed by atoms with Crippen molar-refractivity contribution in [1.82, 2.24) is 0 Å². The second-order valence-corrected chi connectivity index (χ2v) is 6.77. The van der Waals surface area contributed by atoms with Crippen LogP contribution in [0.2, 0.25) is 5.02 Å². The molecule has 1 aliphatic heterocycles. The third-order valence-corrected chi connectivity index (χ3v) is 4.52. The largest absolute Gasteiger partial charge is 0.491 e. The van der Waals surface area contributed by atoms with Gasteiger partial charge in [-0.05, 0) is 62.1 Å². The zero-order valence-corrected chi connectivity index (χ0v) is 15.2. The average molecular weight is 360 g/mol. The number of halogens is 1. The van der Waals surface area contributed by atoms with E-state index >= 15 is 0 Å². The van der Waals surface area contributed by atoms with Crippen LogP contribution in [0.25, 0.3) is 0 Å². The standard InChI is InChI=1S/C20H22ClNO3/c1-13-9-14(2)19(18(21)10-13)22-20(23)15-5-3-6-16(11-15)25-12-17-7-4-8-24-17/h3,5-6,9-11,17H,4,7-8,12H2,1-2H3,(H,22,23). The van der Waals surface area contributed by atoms with E-state index in [2.05, 4.69) is 5.32 Å². The van der Waals surface area contributed by atoms with Gasteiger partial charge in [-0.3, -0.25) is 4.79 Å². The molecule has 1 heterocycles. The van der Waals surface area contributed by atoms with E-state index < -0.39 is 0 Å². The summed E-state index contributed by atoms with van der Waals surface area (Å²) in [5, 5.41) is 3.43. The summed E-state index contributed by atoms with van der Waals surface area (Å²) in [7, 11) is 0. The highest BCUT2D eigenvalue weighted by Gasteiger charge is 2.17. The minimum Gasteiger partial charge on any atom is -0.491 e. The summed E-state index contributed by atoms with van der Waals surface area (Å²) >= 11 is 6.27. The van der Waals surface area contributed by atoms with Crippen molar-refractivity contribution < 1.29 is 14.3 Å². The molecule has 1 N–H and O–H groups in total. The van der Waals surface area contributed by atoms with Crippen LogP contribution in [0.5, 0.6) is 5.75 Å². The lowest BCUT2D eigenvalue weighted by atomic mass is 10.1. The number of hydrogen-bond acceptors (Lipinski definition) is 3. The van der Waals surface area contributed by atoms with Crippen LogP contribution >= 0.6 is 11.6 Å². The Bertz CT molecular complexity index is 746. The average Bonchev–Trinajstić information content (AvgIpc) is 3.10. The Morgan fingerprint density at radius 3 is 2.88 bits per heavy atom. The van der Waals surface area contributed by atoms with Crippen LogP contribution in [0.4, 0.5) is 5.69 Å².